The molecule has 0 fully saturated rings. The number of nitrogens with one attached hydrogen (secondary N) is 3. The molecular weight excluding hydrogens is 464 g/mol. The van der Waals surface area contributed by atoms with Gasteiger partial charge in [0.1, 0.15) is 5.69 Å². The maximum atomic E-state index is 13.1. The Labute approximate surface area is 188 Å². The van der Waals surface area contributed by atoms with E-state index in [9.17, 15) is 14.4 Å². The van der Waals surface area contributed by atoms with Crippen LogP contribution in [-0.2, 0) is 14.3 Å². The predicted molar refractivity (Wildman–Crippen MR) is 123 cm³/mol. The second kappa shape index (κ2) is 9.76. The molecule has 9 heteroatoms. The Bertz CT molecular complexity index is 1140. The van der Waals surface area contributed by atoms with Gasteiger partial charge < -0.3 is 15.4 Å². The normalized spacial score (nSPS) is 10.7. The summed E-state index contributed by atoms with van der Waals surface area (Å²) in [5.41, 5.74) is 5.95. The first kappa shape index (κ1) is 22.5. The number of amides is 3. The maximum Gasteiger partial charge on any atom is 0.328 e. The minimum Gasteiger partial charge on any atom is -0.383 e. The minimum absolute atomic E-state index is 0.185. The highest BCUT2D eigenvalue weighted by Gasteiger charge is 2.21. The van der Waals surface area contributed by atoms with Crippen LogP contribution < -0.4 is 16.1 Å². The van der Waals surface area contributed by atoms with E-state index in [1.54, 1.807) is 18.2 Å². The number of nitrogens with zero attached hydrogens (tertiary/aromatic N) is 1. The number of ether oxygens (including phenoxy) is 1. The van der Waals surface area contributed by atoms with E-state index in [4.69, 9.17) is 4.74 Å². The zero-order chi connectivity index (χ0) is 22.5. The summed E-state index contributed by atoms with van der Waals surface area (Å²) in [4.78, 5) is 37.6. The van der Waals surface area contributed by atoms with Crippen LogP contribution in [0.5, 0.6) is 0 Å². The third-order valence-electron chi connectivity index (χ3n) is 4.49. The zero-order valence-corrected chi connectivity index (χ0v) is 19.0. The van der Waals surface area contributed by atoms with Crippen molar-refractivity contribution >= 4 is 50.2 Å². The highest BCUT2D eigenvalue weighted by molar-refractivity contribution is 9.10. The molecule has 0 aliphatic carbocycles. The molecule has 0 aliphatic rings. The van der Waals surface area contributed by atoms with E-state index in [0.717, 1.165) is 21.0 Å². The van der Waals surface area contributed by atoms with Gasteiger partial charge in [-0.1, -0.05) is 22.0 Å². The highest BCUT2D eigenvalue weighted by Crippen LogP contribution is 2.24. The van der Waals surface area contributed by atoms with Crippen LogP contribution in [0, 0.1) is 13.8 Å². The molecule has 0 radical (unpaired) electrons. The number of aryl methyl sites for hydroxylation is 2. The number of hydrogen-bond donors (Lipinski definition) is 3. The number of hydrogen-bond acceptors (Lipinski definition) is 4. The molecule has 3 amide bonds. The Hall–Kier alpha value is -3.17. The monoisotopic (exact) mass is 486 g/mol. The Morgan fingerprint density at radius 3 is 2.39 bits per heavy atom. The average Bonchev–Trinajstić information content (AvgIpc) is 3.04. The van der Waals surface area contributed by atoms with E-state index < -0.39 is 17.7 Å². The topological polar surface area (TPSA) is 101 Å². The number of carbonyl (C=O) groups is 3. The number of halogens is 1. The molecule has 31 heavy (non-hydrogen) atoms. The molecule has 1 heterocycles. The van der Waals surface area contributed by atoms with Crippen molar-refractivity contribution in [1.82, 2.24) is 9.99 Å². The molecule has 3 rings (SSSR count). The van der Waals surface area contributed by atoms with Gasteiger partial charge in [0.25, 0.3) is 5.91 Å². The van der Waals surface area contributed by atoms with Crippen molar-refractivity contribution in [2.24, 2.45) is 0 Å². The summed E-state index contributed by atoms with van der Waals surface area (Å²) in [6, 6.07) is 12.7. The number of methoxy groups -OCH3 is 1. The van der Waals surface area contributed by atoms with Crippen LogP contribution in [0.1, 0.15) is 21.6 Å². The van der Waals surface area contributed by atoms with Gasteiger partial charge in [0, 0.05) is 29.2 Å². The lowest BCUT2D eigenvalue weighted by molar-refractivity contribution is -0.136. The number of carbonyl (C=O) groups excluding carboxylic acids is 3. The Balaban J connectivity index is 1.92. The molecule has 8 nitrogen and oxygen atoms in total. The van der Waals surface area contributed by atoms with Crippen LogP contribution in [0.25, 0.3) is 10.9 Å². The lowest BCUT2D eigenvalue weighted by Crippen LogP contribution is -2.40. The van der Waals surface area contributed by atoms with Gasteiger partial charge in [0.05, 0.1) is 12.1 Å². The van der Waals surface area contributed by atoms with Gasteiger partial charge in [-0.05, 0) is 61.4 Å². The number of rotatable bonds is 6. The van der Waals surface area contributed by atoms with Gasteiger partial charge in [0.15, 0.2) is 0 Å². The first-order valence-electron chi connectivity index (χ1n) is 9.57. The van der Waals surface area contributed by atoms with Crippen LogP contribution in [-0.4, -0.2) is 42.7 Å². The van der Waals surface area contributed by atoms with Crippen molar-refractivity contribution in [2.75, 3.05) is 31.0 Å². The summed E-state index contributed by atoms with van der Waals surface area (Å²) < 4.78 is 7.00. The second-order valence-electron chi connectivity index (χ2n) is 7.09. The first-order valence-corrected chi connectivity index (χ1v) is 10.4. The molecule has 0 bridgehead atoms. The van der Waals surface area contributed by atoms with Gasteiger partial charge in [-0.15, -0.1) is 0 Å². The largest absolute Gasteiger partial charge is 0.383 e. The molecule has 2 aromatic carbocycles. The average molecular weight is 487 g/mol. The standard InChI is InChI=1S/C22H23BrN4O4/c1-13-8-14(2)10-17(9-13)25-20(28)19-12-15-11-16(23)4-5-18(15)27(19)26-22(30)21(29)24-6-7-31-3/h4-5,8-12H,6-7H2,1-3H3,(H,24,29)(H,25,28)(H,26,30). The summed E-state index contributed by atoms with van der Waals surface area (Å²) in [7, 11) is 1.50. The molecular formula is C22H23BrN4O4. The number of fused-ring (bicyclic) bond motifs is 1. The molecule has 0 aliphatic heterocycles. The van der Waals surface area contributed by atoms with E-state index in [1.807, 2.05) is 38.1 Å². The lowest BCUT2D eigenvalue weighted by atomic mass is 10.1. The molecule has 3 aromatic rings. The third-order valence-corrected chi connectivity index (χ3v) is 4.98. The Morgan fingerprint density at radius 1 is 1.00 bits per heavy atom. The van der Waals surface area contributed by atoms with E-state index >= 15 is 0 Å². The molecule has 0 saturated heterocycles. The van der Waals surface area contributed by atoms with Crippen molar-refractivity contribution in [3.05, 3.63) is 63.8 Å². The summed E-state index contributed by atoms with van der Waals surface area (Å²) in [5.74, 6) is -2.13. The lowest BCUT2D eigenvalue weighted by Gasteiger charge is -2.13. The summed E-state index contributed by atoms with van der Waals surface area (Å²) in [5, 5.41) is 6.04. The van der Waals surface area contributed by atoms with E-state index in [-0.39, 0.29) is 18.8 Å². The third kappa shape index (κ3) is 5.50. The number of anilines is 1. The predicted octanol–water partition coefficient (Wildman–Crippen LogP) is 3.11. The van der Waals surface area contributed by atoms with Crippen LogP contribution in [0.2, 0.25) is 0 Å². The zero-order valence-electron chi connectivity index (χ0n) is 17.4. The maximum absolute atomic E-state index is 13.1. The molecule has 0 saturated carbocycles. The van der Waals surface area contributed by atoms with E-state index in [0.29, 0.717) is 11.2 Å². The van der Waals surface area contributed by atoms with Crippen molar-refractivity contribution in [2.45, 2.75) is 13.8 Å². The molecule has 1 aromatic heterocycles. The van der Waals surface area contributed by atoms with Crippen molar-refractivity contribution in [1.29, 1.82) is 0 Å². The van der Waals surface area contributed by atoms with Crippen LogP contribution in [0.4, 0.5) is 5.69 Å². The van der Waals surface area contributed by atoms with E-state index in [2.05, 4.69) is 32.0 Å². The van der Waals surface area contributed by atoms with Gasteiger partial charge >= 0.3 is 11.8 Å². The van der Waals surface area contributed by atoms with Gasteiger partial charge in [-0.25, -0.2) is 4.68 Å². The molecule has 0 spiro atoms. The first-order chi connectivity index (χ1) is 14.8. The number of aromatic nitrogens is 1. The van der Waals surface area contributed by atoms with Crippen LogP contribution >= 0.6 is 15.9 Å². The van der Waals surface area contributed by atoms with Gasteiger partial charge in [-0.3, -0.25) is 19.8 Å². The van der Waals surface area contributed by atoms with E-state index in [1.165, 1.54) is 11.8 Å². The minimum atomic E-state index is -0.892. The highest BCUT2D eigenvalue weighted by atomic mass is 79.9. The van der Waals surface area contributed by atoms with Crippen molar-refractivity contribution in [3.8, 4) is 0 Å². The SMILES string of the molecule is COCCNC(=O)C(=O)Nn1c(C(=O)Nc2cc(C)cc(C)c2)cc2cc(Br)ccc21. The smallest absolute Gasteiger partial charge is 0.328 e. The Kier molecular flexibility index (Phi) is 7.09. The summed E-state index contributed by atoms with van der Waals surface area (Å²) >= 11 is 3.41. The number of benzene rings is 2. The van der Waals surface area contributed by atoms with Crippen LogP contribution in [0.15, 0.2) is 46.9 Å². The van der Waals surface area contributed by atoms with Crippen molar-refractivity contribution < 1.29 is 19.1 Å². The van der Waals surface area contributed by atoms with Gasteiger partial charge in [-0.2, -0.15) is 0 Å². The molecule has 162 valence electrons. The summed E-state index contributed by atoms with van der Waals surface area (Å²) in [6.07, 6.45) is 0. The quantitative estimate of drug-likeness (QED) is 0.368. The Morgan fingerprint density at radius 2 is 1.71 bits per heavy atom. The second-order valence-corrected chi connectivity index (χ2v) is 8.00. The van der Waals surface area contributed by atoms with Crippen molar-refractivity contribution in [3.63, 3.8) is 0 Å². The van der Waals surface area contributed by atoms with Gasteiger partial charge in [0.2, 0.25) is 0 Å². The molecule has 0 atom stereocenters. The molecule has 3 N–H and O–H groups in total. The fourth-order valence-electron chi connectivity index (χ4n) is 3.21. The fourth-order valence-corrected chi connectivity index (χ4v) is 3.59. The van der Waals surface area contributed by atoms with Crippen LogP contribution in [0.3, 0.4) is 0 Å². The molecule has 0 unspecified atom stereocenters. The summed E-state index contributed by atoms with van der Waals surface area (Å²) in [6.45, 7) is 4.37. The fraction of sp³-hybridized carbons (Fsp3) is 0.227.